The van der Waals surface area contributed by atoms with Gasteiger partial charge in [-0.1, -0.05) is 12.2 Å². The first-order valence-electron chi connectivity index (χ1n) is 5.46. The Morgan fingerprint density at radius 2 is 2.35 bits per heavy atom. The number of rotatable bonds is 6. The van der Waals surface area contributed by atoms with E-state index >= 15 is 0 Å². The first kappa shape index (κ1) is 13.3. The number of hydrogen-bond acceptors (Lipinski definition) is 4. The maximum Gasteiger partial charge on any atom is 0.142 e. The van der Waals surface area contributed by atoms with Crippen LogP contribution in [0.1, 0.15) is 18.2 Å². The van der Waals surface area contributed by atoms with E-state index < -0.39 is 0 Å². The molecule has 0 aromatic carbocycles. The van der Waals surface area contributed by atoms with Gasteiger partial charge >= 0.3 is 0 Å². The highest BCUT2D eigenvalue weighted by Gasteiger charge is 2.11. The molecule has 0 atom stereocenters. The van der Waals surface area contributed by atoms with Crippen molar-refractivity contribution in [2.75, 3.05) is 25.1 Å². The van der Waals surface area contributed by atoms with Gasteiger partial charge in [0.15, 0.2) is 0 Å². The average molecular weight is 234 g/mol. The minimum Gasteiger partial charge on any atom is -0.375 e. The number of nitrogens with zero attached hydrogens (tertiary/aromatic N) is 3. The van der Waals surface area contributed by atoms with Gasteiger partial charge in [-0.3, -0.25) is 4.68 Å². The van der Waals surface area contributed by atoms with Crippen molar-refractivity contribution >= 4 is 5.82 Å². The Kier molecular flexibility index (Phi) is 4.73. The molecule has 0 bridgehead atoms. The second kappa shape index (κ2) is 6.06. The van der Waals surface area contributed by atoms with Crippen LogP contribution in [0, 0.1) is 18.3 Å². The molecule has 5 nitrogen and oxygen atoms in total. The van der Waals surface area contributed by atoms with Gasteiger partial charge in [0, 0.05) is 13.6 Å². The van der Waals surface area contributed by atoms with Gasteiger partial charge < -0.3 is 10.1 Å². The van der Waals surface area contributed by atoms with Crippen LogP contribution in [0.15, 0.2) is 12.2 Å². The molecule has 0 aliphatic rings. The molecule has 5 heteroatoms. The van der Waals surface area contributed by atoms with Crippen LogP contribution < -0.4 is 5.32 Å². The van der Waals surface area contributed by atoms with Crippen LogP contribution in [0.3, 0.4) is 0 Å². The molecule has 0 radical (unpaired) electrons. The first-order valence-corrected chi connectivity index (χ1v) is 5.46. The minimum atomic E-state index is 0.567. The van der Waals surface area contributed by atoms with E-state index in [-0.39, 0.29) is 0 Å². The summed E-state index contributed by atoms with van der Waals surface area (Å²) in [5.41, 5.74) is 2.33. The number of nitrogens with one attached hydrogen (secondary N) is 1. The van der Waals surface area contributed by atoms with E-state index in [4.69, 9.17) is 10.00 Å². The summed E-state index contributed by atoms with van der Waals surface area (Å²) in [7, 11) is 1.81. The number of hydrogen-bond donors (Lipinski definition) is 1. The monoisotopic (exact) mass is 234 g/mol. The van der Waals surface area contributed by atoms with Gasteiger partial charge in [-0.2, -0.15) is 10.4 Å². The van der Waals surface area contributed by atoms with Crippen LogP contribution >= 0.6 is 0 Å². The summed E-state index contributed by atoms with van der Waals surface area (Å²) in [6, 6.07) is 2.14. The highest BCUT2D eigenvalue weighted by atomic mass is 16.5. The zero-order valence-electron chi connectivity index (χ0n) is 10.6. The molecular formula is C12H18N4O. The molecule has 1 N–H and O–H groups in total. The van der Waals surface area contributed by atoms with Crippen molar-refractivity contribution < 1.29 is 4.74 Å². The number of anilines is 1. The fraction of sp³-hybridized carbons (Fsp3) is 0.500. The maximum absolute atomic E-state index is 9.00. The van der Waals surface area contributed by atoms with E-state index in [1.54, 1.807) is 4.68 Å². The molecule has 0 unspecified atom stereocenters. The van der Waals surface area contributed by atoms with E-state index in [0.717, 1.165) is 17.1 Å². The third-order valence-electron chi connectivity index (χ3n) is 2.22. The molecule has 92 valence electrons. The lowest BCUT2D eigenvalue weighted by Gasteiger charge is -2.07. The molecule has 1 rings (SSSR count). The molecule has 0 amide bonds. The molecule has 1 heterocycles. The molecule has 0 aliphatic heterocycles. The third kappa shape index (κ3) is 3.61. The Morgan fingerprint density at radius 1 is 1.65 bits per heavy atom. The molecule has 0 fully saturated rings. The Morgan fingerprint density at radius 3 is 2.94 bits per heavy atom. The van der Waals surface area contributed by atoms with Crippen molar-refractivity contribution in [2.24, 2.45) is 7.05 Å². The lowest BCUT2D eigenvalue weighted by molar-refractivity contribution is 0.167. The van der Waals surface area contributed by atoms with E-state index in [2.05, 4.69) is 23.1 Å². The predicted octanol–water partition coefficient (Wildman–Crippen LogP) is 1.60. The van der Waals surface area contributed by atoms with Gasteiger partial charge in [-0.15, -0.1) is 0 Å². The largest absolute Gasteiger partial charge is 0.375 e. The number of ether oxygens (including phenoxy) is 1. The summed E-state index contributed by atoms with van der Waals surface area (Å²) >= 11 is 0. The second-order valence-electron chi connectivity index (χ2n) is 3.98. The highest BCUT2D eigenvalue weighted by Crippen LogP contribution is 2.16. The highest BCUT2D eigenvalue weighted by molar-refractivity contribution is 5.54. The van der Waals surface area contributed by atoms with Crippen LogP contribution in [0.25, 0.3) is 0 Å². The lowest BCUT2D eigenvalue weighted by Crippen LogP contribution is -2.13. The molecule has 0 saturated heterocycles. The molecule has 17 heavy (non-hydrogen) atoms. The summed E-state index contributed by atoms with van der Waals surface area (Å²) in [6.07, 6.45) is 0. The SMILES string of the molecule is C=C(C)COCCNc1c(C#N)c(C)nn1C. The quantitative estimate of drug-likeness (QED) is 0.600. The zero-order valence-corrected chi connectivity index (χ0v) is 10.6. The summed E-state index contributed by atoms with van der Waals surface area (Å²) < 4.78 is 7.04. The fourth-order valence-corrected chi connectivity index (χ4v) is 1.48. The Labute approximate surface area is 102 Å². The smallest absolute Gasteiger partial charge is 0.142 e. The molecule has 1 aromatic heterocycles. The normalized spacial score (nSPS) is 10.0. The van der Waals surface area contributed by atoms with Crippen molar-refractivity contribution in [1.82, 2.24) is 9.78 Å². The van der Waals surface area contributed by atoms with Crippen LogP contribution in [0.5, 0.6) is 0 Å². The van der Waals surface area contributed by atoms with Crippen molar-refractivity contribution in [3.63, 3.8) is 0 Å². The van der Waals surface area contributed by atoms with Gasteiger partial charge in [0.05, 0.1) is 18.9 Å². The van der Waals surface area contributed by atoms with Crippen LogP contribution in [0.2, 0.25) is 0 Å². The maximum atomic E-state index is 9.00. The number of nitriles is 1. The van der Waals surface area contributed by atoms with Crippen molar-refractivity contribution in [1.29, 1.82) is 5.26 Å². The Hall–Kier alpha value is -1.80. The third-order valence-corrected chi connectivity index (χ3v) is 2.22. The summed E-state index contributed by atoms with van der Waals surface area (Å²) in [5, 5.41) is 16.3. The Bertz CT molecular complexity index is 442. The van der Waals surface area contributed by atoms with Crippen molar-refractivity contribution in [2.45, 2.75) is 13.8 Å². The minimum absolute atomic E-state index is 0.567. The molecule has 1 aromatic rings. The van der Waals surface area contributed by atoms with E-state index in [9.17, 15) is 0 Å². The number of aromatic nitrogens is 2. The Balaban J connectivity index is 2.47. The van der Waals surface area contributed by atoms with Gasteiger partial charge in [0.2, 0.25) is 0 Å². The fourth-order valence-electron chi connectivity index (χ4n) is 1.48. The van der Waals surface area contributed by atoms with Gasteiger partial charge in [-0.05, 0) is 13.8 Å². The topological polar surface area (TPSA) is 62.9 Å². The van der Waals surface area contributed by atoms with Crippen molar-refractivity contribution in [3.05, 3.63) is 23.4 Å². The molecule has 0 aliphatic carbocycles. The predicted molar refractivity (Wildman–Crippen MR) is 66.8 cm³/mol. The van der Waals surface area contributed by atoms with Gasteiger partial charge in [0.1, 0.15) is 17.5 Å². The number of aryl methyl sites for hydroxylation is 2. The molecule has 0 saturated carbocycles. The van der Waals surface area contributed by atoms with Gasteiger partial charge in [-0.25, -0.2) is 0 Å². The molecular weight excluding hydrogens is 216 g/mol. The lowest BCUT2D eigenvalue weighted by atomic mass is 10.2. The van der Waals surface area contributed by atoms with Crippen LogP contribution in [-0.2, 0) is 11.8 Å². The van der Waals surface area contributed by atoms with Crippen LogP contribution in [-0.4, -0.2) is 29.5 Å². The zero-order chi connectivity index (χ0) is 12.8. The van der Waals surface area contributed by atoms with E-state index in [1.165, 1.54) is 0 Å². The van der Waals surface area contributed by atoms with Crippen molar-refractivity contribution in [3.8, 4) is 6.07 Å². The molecule has 0 spiro atoms. The average Bonchev–Trinajstić information content (AvgIpc) is 2.52. The van der Waals surface area contributed by atoms with Crippen LogP contribution in [0.4, 0.5) is 5.82 Å². The first-order chi connectivity index (χ1) is 8.06. The van der Waals surface area contributed by atoms with Gasteiger partial charge in [0.25, 0.3) is 0 Å². The summed E-state index contributed by atoms with van der Waals surface area (Å²) in [5.74, 6) is 0.740. The summed E-state index contributed by atoms with van der Waals surface area (Å²) in [6.45, 7) is 9.27. The van der Waals surface area contributed by atoms with E-state index in [0.29, 0.717) is 25.3 Å². The summed E-state index contributed by atoms with van der Waals surface area (Å²) in [4.78, 5) is 0. The standard InChI is InChI=1S/C12H18N4O/c1-9(2)8-17-6-5-14-12-11(7-13)10(3)15-16(12)4/h14H,1,5-6,8H2,2-4H3. The second-order valence-corrected chi connectivity index (χ2v) is 3.98. The van der Waals surface area contributed by atoms with E-state index in [1.807, 2.05) is 20.9 Å².